The van der Waals surface area contributed by atoms with Gasteiger partial charge in [-0.05, 0) is 37.3 Å². The molecule has 0 saturated heterocycles. The van der Waals surface area contributed by atoms with Crippen molar-refractivity contribution in [1.29, 1.82) is 0 Å². The summed E-state index contributed by atoms with van der Waals surface area (Å²) in [6, 6.07) is 0.630. The molecular weight excluding hydrogens is 174 g/mol. The molecule has 2 fully saturated rings. The van der Waals surface area contributed by atoms with Gasteiger partial charge in [-0.15, -0.1) is 0 Å². The highest BCUT2D eigenvalue weighted by Gasteiger charge is 2.53. The molecule has 0 amide bonds. The third-order valence-electron chi connectivity index (χ3n) is 3.88. The number of Topliss-reactive ketones (excluding diaryl/α,β-unsaturated/α-hetero) is 1. The molecule has 14 heavy (non-hydrogen) atoms. The highest BCUT2D eigenvalue weighted by Crippen LogP contribution is 2.59. The molecule has 0 bridgehead atoms. The Morgan fingerprint density at radius 3 is 2.64 bits per heavy atom. The summed E-state index contributed by atoms with van der Waals surface area (Å²) in [5.41, 5.74) is 0.538. The number of carbonyl (C=O) groups excluding carboxylic acids is 1. The van der Waals surface area contributed by atoms with Crippen molar-refractivity contribution in [1.82, 2.24) is 5.32 Å². The fourth-order valence-corrected chi connectivity index (χ4v) is 3.11. The van der Waals surface area contributed by atoms with E-state index in [1.807, 2.05) is 6.92 Å². The van der Waals surface area contributed by atoms with Crippen LogP contribution in [0, 0.1) is 11.3 Å². The van der Waals surface area contributed by atoms with Gasteiger partial charge in [0.05, 0.1) is 0 Å². The number of hydrogen-bond acceptors (Lipinski definition) is 2. The van der Waals surface area contributed by atoms with Crippen LogP contribution < -0.4 is 5.32 Å². The number of nitrogens with one attached hydrogen (secondary N) is 1. The van der Waals surface area contributed by atoms with E-state index in [2.05, 4.69) is 11.9 Å². The molecule has 78 valence electrons. The highest BCUT2D eigenvalue weighted by molar-refractivity contribution is 5.81. The zero-order valence-electron chi connectivity index (χ0n) is 8.88. The fraction of sp³-hybridized carbons (Fsp3) is 0.750. The van der Waals surface area contributed by atoms with Gasteiger partial charge < -0.3 is 5.32 Å². The smallest absolute Gasteiger partial charge is 0.135 e. The van der Waals surface area contributed by atoms with E-state index in [0.717, 1.165) is 19.3 Å². The molecule has 0 aromatic rings. The Morgan fingerprint density at radius 1 is 1.50 bits per heavy atom. The van der Waals surface area contributed by atoms with E-state index >= 15 is 0 Å². The maximum Gasteiger partial charge on any atom is 0.135 e. The normalized spacial score (nSPS) is 39.8. The van der Waals surface area contributed by atoms with Crippen molar-refractivity contribution < 1.29 is 4.79 Å². The van der Waals surface area contributed by atoms with Gasteiger partial charge in [0.25, 0.3) is 0 Å². The van der Waals surface area contributed by atoms with Crippen LogP contribution in [0.3, 0.4) is 0 Å². The molecule has 2 heteroatoms. The maximum atomic E-state index is 11.4. The molecule has 2 aliphatic carbocycles. The van der Waals surface area contributed by atoms with Gasteiger partial charge in [0.15, 0.2) is 0 Å². The van der Waals surface area contributed by atoms with Crippen molar-refractivity contribution in [2.75, 3.05) is 0 Å². The average molecular weight is 193 g/mol. The average Bonchev–Trinajstić information content (AvgIpc) is 2.05. The quantitative estimate of drug-likeness (QED) is 0.742. The van der Waals surface area contributed by atoms with Gasteiger partial charge in [-0.1, -0.05) is 13.5 Å². The van der Waals surface area contributed by atoms with Crippen LogP contribution >= 0.6 is 0 Å². The maximum absolute atomic E-state index is 11.4. The van der Waals surface area contributed by atoms with E-state index < -0.39 is 0 Å². The predicted molar refractivity (Wildman–Crippen MR) is 56.8 cm³/mol. The van der Waals surface area contributed by atoms with Gasteiger partial charge in [0.2, 0.25) is 0 Å². The highest BCUT2D eigenvalue weighted by atomic mass is 16.1. The van der Waals surface area contributed by atoms with Crippen LogP contribution in [-0.2, 0) is 4.79 Å². The second-order valence-corrected chi connectivity index (χ2v) is 4.90. The summed E-state index contributed by atoms with van der Waals surface area (Å²) < 4.78 is 0. The van der Waals surface area contributed by atoms with Crippen molar-refractivity contribution in [3.63, 3.8) is 0 Å². The molecule has 2 nitrogen and oxygen atoms in total. The lowest BCUT2D eigenvalue weighted by atomic mass is 9.49. The standard InChI is InChI=1S/C12H19NO/c1-3-11(14)9-5-12(6-9)7-10(8-12)13-4-2/h4,9-10,13H,2-3,5-8H2,1H3. The molecule has 2 rings (SSSR count). The van der Waals surface area contributed by atoms with Gasteiger partial charge in [0.1, 0.15) is 5.78 Å². The lowest BCUT2D eigenvalue weighted by Gasteiger charge is -2.57. The minimum Gasteiger partial charge on any atom is -0.389 e. The van der Waals surface area contributed by atoms with Gasteiger partial charge in [-0.2, -0.15) is 0 Å². The molecule has 0 aromatic heterocycles. The van der Waals surface area contributed by atoms with E-state index in [-0.39, 0.29) is 0 Å². The fourth-order valence-electron chi connectivity index (χ4n) is 3.11. The number of hydrogen-bond donors (Lipinski definition) is 1. The van der Waals surface area contributed by atoms with E-state index in [9.17, 15) is 4.79 Å². The SMILES string of the molecule is C=CNC1CC2(C1)CC(C(=O)CC)C2. The molecule has 2 saturated carbocycles. The van der Waals surface area contributed by atoms with Gasteiger partial charge in [0, 0.05) is 18.4 Å². The third-order valence-corrected chi connectivity index (χ3v) is 3.88. The van der Waals surface area contributed by atoms with Crippen LogP contribution in [-0.4, -0.2) is 11.8 Å². The Kier molecular flexibility index (Phi) is 2.38. The van der Waals surface area contributed by atoms with E-state index in [1.54, 1.807) is 6.20 Å². The summed E-state index contributed by atoms with van der Waals surface area (Å²) >= 11 is 0. The molecule has 1 N–H and O–H groups in total. The second-order valence-electron chi connectivity index (χ2n) is 4.90. The van der Waals surface area contributed by atoms with Gasteiger partial charge >= 0.3 is 0 Å². The summed E-state index contributed by atoms with van der Waals surface area (Å²) in [7, 11) is 0. The van der Waals surface area contributed by atoms with Crippen LogP contribution in [0.25, 0.3) is 0 Å². The Bertz CT molecular complexity index is 245. The van der Waals surface area contributed by atoms with Crippen molar-refractivity contribution in [3.8, 4) is 0 Å². The third kappa shape index (κ3) is 1.47. The Labute approximate surface area is 85.8 Å². The lowest BCUT2D eigenvalue weighted by Crippen LogP contribution is -2.55. The van der Waals surface area contributed by atoms with E-state index in [4.69, 9.17) is 0 Å². The zero-order chi connectivity index (χ0) is 10.2. The monoisotopic (exact) mass is 193 g/mol. The van der Waals surface area contributed by atoms with Crippen LogP contribution in [0.5, 0.6) is 0 Å². The van der Waals surface area contributed by atoms with Gasteiger partial charge in [-0.25, -0.2) is 0 Å². The minimum absolute atomic E-state index is 0.393. The first-order valence-corrected chi connectivity index (χ1v) is 5.59. The molecule has 1 spiro atoms. The van der Waals surface area contributed by atoms with E-state index in [1.165, 1.54) is 12.8 Å². The van der Waals surface area contributed by atoms with E-state index in [0.29, 0.717) is 23.2 Å². The molecular formula is C12H19NO. The van der Waals surface area contributed by atoms with Crippen LogP contribution in [0.15, 0.2) is 12.8 Å². The summed E-state index contributed by atoms with van der Waals surface area (Å²) in [4.78, 5) is 11.4. The first-order valence-electron chi connectivity index (χ1n) is 5.59. The molecule has 0 heterocycles. The predicted octanol–water partition coefficient (Wildman–Crippen LogP) is 2.26. The number of carbonyl (C=O) groups is 1. The molecule has 0 aromatic carbocycles. The van der Waals surface area contributed by atoms with Crippen molar-refractivity contribution in [2.24, 2.45) is 11.3 Å². The van der Waals surface area contributed by atoms with Crippen molar-refractivity contribution in [2.45, 2.75) is 45.1 Å². The molecule has 0 radical (unpaired) electrons. The van der Waals surface area contributed by atoms with Gasteiger partial charge in [-0.3, -0.25) is 4.79 Å². The largest absolute Gasteiger partial charge is 0.389 e. The lowest BCUT2D eigenvalue weighted by molar-refractivity contribution is -0.135. The summed E-state index contributed by atoms with van der Waals surface area (Å²) in [5.74, 6) is 0.862. The first-order chi connectivity index (χ1) is 6.69. The first kappa shape index (κ1) is 9.75. The Balaban J connectivity index is 1.74. The van der Waals surface area contributed by atoms with Crippen molar-refractivity contribution >= 4 is 5.78 Å². The van der Waals surface area contributed by atoms with Crippen LogP contribution in [0.2, 0.25) is 0 Å². The topological polar surface area (TPSA) is 29.1 Å². The second kappa shape index (κ2) is 3.41. The molecule has 2 aliphatic rings. The Hall–Kier alpha value is -0.790. The van der Waals surface area contributed by atoms with Crippen molar-refractivity contribution in [3.05, 3.63) is 12.8 Å². The Morgan fingerprint density at radius 2 is 2.14 bits per heavy atom. The minimum atomic E-state index is 0.393. The zero-order valence-corrected chi connectivity index (χ0v) is 8.88. The number of rotatable bonds is 4. The number of ketones is 1. The molecule has 0 atom stereocenters. The van der Waals surface area contributed by atoms with Crippen LogP contribution in [0.4, 0.5) is 0 Å². The summed E-state index contributed by atoms with van der Waals surface area (Å²) in [6.45, 7) is 5.63. The molecule has 0 unspecified atom stereocenters. The van der Waals surface area contributed by atoms with Crippen LogP contribution in [0.1, 0.15) is 39.0 Å². The molecule has 0 aliphatic heterocycles. The summed E-state index contributed by atoms with van der Waals surface area (Å²) in [5, 5.41) is 3.24. The summed E-state index contributed by atoms with van der Waals surface area (Å²) in [6.07, 6.45) is 7.28.